The van der Waals surface area contributed by atoms with Crippen LogP contribution in [-0.2, 0) is 0 Å². The standard InChI is InChI=1S/C4H5NO2/c1-4-2-7-3-5(4)6/h2-3H,1H3. The van der Waals surface area contributed by atoms with Crippen LogP contribution < -0.4 is 4.73 Å². The molecule has 7 heavy (non-hydrogen) atoms. The van der Waals surface area contributed by atoms with Crippen LogP contribution in [0.1, 0.15) is 5.69 Å². The minimum Gasteiger partial charge on any atom is -0.616 e. The lowest BCUT2D eigenvalue weighted by Gasteiger charge is -1.83. The van der Waals surface area contributed by atoms with Crippen LogP contribution in [0.3, 0.4) is 0 Å². The van der Waals surface area contributed by atoms with E-state index in [1.54, 1.807) is 6.92 Å². The van der Waals surface area contributed by atoms with E-state index in [4.69, 9.17) is 0 Å². The molecule has 0 spiro atoms. The summed E-state index contributed by atoms with van der Waals surface area (Å²) < 4.78 is 5.16. The highest BCUT2D eigenvalue weighted by molar-refractivity contribution is 4.75. The Morgan fingerprint density at radius 1 is 1.86 bits per heavy atom. The minimum absolute atomic E-state index is 0.583. The first-order valence-electron chi connectivity index (χ1n) is 1.92. The van der Waals surface area contributed by atoms with Gasteiger partial charge in [-0.05, 0) is 0 Å². The lowest BCUT2D eigenvalue weighted by atomic mass is 10.6. The molecule has 1 aromatic heterocycles. The third-order valence-corrected chi connectivity index (χ3v) is 0.743. The average Bonchev–Trinajstić information content (AvgIpc) is 1.91. The van der Waals surface area contributed by atoms with Crippen molar-refractivity contribution in [2.24, 2.45) is 0 Å². The van der Waals surface area contributed by atoms with Crippen molar-refractivity contribution in [3.63, 3.8) is 0 Å². The van der Waals surface area contributed by atoms with Crippen LogP contribution in [0.4, 0.5) is 0 Å². The first-order chi connectivity index (χ1) is 3.30. The molecular formula is C4H5NO2. The third-order valence-electron chi connectivity index (χ3n) is 0.743. The van der Waals surface area contributed by atoms with Crippen LogP contribution in [0.5, 0.6) is 0 Å². The Balaban J connectivity index is 3.12. The number of rotatable bonds is 0. The van der Waals surface area contributed by atoms with Gasteiger partial charge in [-0.15, -0.1) is 4.73 Å². The summed E-state index contributed by atoms with van der Waals surface area (Å²) in [6, 6.07) is 0. The van der Waals surface area contributed by atoms with Crippen LogP contribution in [0.25, 0.3) is 0 Å². The highest BCUT2D eigenvalue weighted by Gasteiger charge is 1.94. The van der Waals surface area contributed by atoms with E-state index in [-0.39, 0.29) is 0 Å². The van der Waals surface area contributed by atoms with Crippen molar-refractivity contribution in [3.05, 3.63) is 23.6 Å². The van der Waals surface area contributed by atoms with E-state index >= 15 is 0 Å². The van der Waals surface area contributed by atoms with Gasteiger partial charge in [-0.2, -0.15) is 0 Å². The van der Waals surface area contributed by atoms with E-state index in [1.165, 1.54) is 6.26 Å². The lowest BCUT2D eigenvalue weighted by Crippen LogP contribution is -2.24. The number of aryl methyl sites for hydroxylation is 1. The largest absolute Gasteiger partial charge is 0.616 e. The first-order valence-corrected chi connectivity index (χ1v) is 1.92. The zero-order chi connectivity index (χ0) is 5.28. The second kappa shape index (κ2) is 1.26. The number of oxazole rings is 1. The normalized spacial score (nSPS) is 9.29. The van der Waals surface area contributed by atoms with Crippen molar-refractivity contribution < 1.29 is 9.15 Å². The molecule has 0 aliphatic carbocycles. The van der Waals surface area contributed by atoms with E-state index in [2.05, 4.69) is 4.42 Å². The van der Waals surface area contributed by atoms with Gasteiger partial charge in [0.05, 0.1) is 0 Å². The third kappa shape index (κ3) is 0.559. The van der Waals surface area contributed by atoms with Gasteiger partial charge in [0.25, 0.3) is 0 Å². The first kappa shape index (κ1) is 4.18. The number of hydrogen-bond donors (Lipinski definition) is 0. The van der Waals surface area contributed by atoms with Crippen LogP contribution in [-0.4, -0.2) is 0 Å². The zero-order valence-electron chi connectivity index (χ0n) is 3.92. The maximum absolute atomic E-state index is 10.2. The van der Waals surface area contributed by atoms with Gasteiger partial charge < -0.3 is 9.62 Å². The van der Waals surface area contributed by atoms with E-state index in [0.717, 1.165) is 6.39 Å². The zero-order valence-corrected chi connectivity index (χ0v) is 3.92. The molecule has 0 bridgehead atoms. The molecule has 0 radical (unpaired) electrons. The fourth-order valence-corrected chi connectivity index (χ4v) is 0.319. The maximum atomic E-state index is 10.2. The summed E-state index contributed by atoms with van der Waals surface area (Å²) in [5, 5.41) is 10.2. The van der Waals surface area contributed by atoms with Gasteiger partial charge in [-0.1, -0.05) is 0 Å². The highest BCUT2D eigenvalue weighted by Crippen LogP contribution is 1.84. The van der Waals surface area contributed by atoms with Gasteiger partial charge in [0.2, 0.25) is 5.69 Å². The van der Waals surface area contributed by atoms with Crippen molar-refractivity contribution in [1.29, 1.82) is 0 Å². The molecule has 0 fully saturated rings. The molecule has 3 nitrogen and oxygen atoms in total. The number of hydrogen-bond acceptors (Lipinski definition) is 2. The van der Waals surface area contributed by atoms with Gasteiger partial charge in [-0.3, -0.25) is 0 Å². The summed E-state index contributed by atoms with van der Waals surface area (Å²) in [5.74, 6) is 0. The summed E-state index contributed by atoms with van der Waals surface area (Å²) in [6.45, 7) is 1.68. The van der Waals surface area contributed by atoms with E-state index < -0.39 is 0 Å². The molecule has 1 rings (SSSR count). The van der Waals surface area contributed by atoms with E-state index in [0.29, 0.717) is 10.4 Å². The SMILES string of the molecule is Cc1coc[n+]1[O-]. The predicted molar refractivity (Wildman–Crippen MR) is 22.4 cm³/mol. The van der Waals surface area contributed by atoms with Crippen molar-refractivity contribution in [2.75, 3.05) is 0 Å². The fraction of sp³-hybridized carbons (Fsp3) is 0.250. The second-order valence-electron chi connectivity index (χ2n) is 1.33. The van der Waals surface area contributed by atoms with Crippen molar-refractivity contribution in [3.8, 4) is 0 Å². The molecular weight excluding hydrogens is 94.0 g/mol. The van der Waals surface area contributed by atoms with E-state index in [1.807, 2.05) is 0 Å². The molecule has 38 valence electrons. The molecule has 0 aliphatic rings. The summed E-state index contributed by atoms with van der Waals surface area (Å²) in [6.07, 6.45) is 2.50. The fourth-order valence-electron chi connectivity index (χ4n) is 0.319. The molecule has 0 N–H and O–H groups in total. The van der Waals surface area contributed by atoms with Crippen molar-refractivity contribution in [2.45, 2.75) is 6.92 Å². The topological polar surface area (TPSA) is 40.1 Å². The Bertz CT molecular complexity index is 142. The van der Waals surface area contributed by atoms with Gasteiger partial charge in [0, 0.05) is 6.92 Å². The van der Waals surface area contributed by atoms with Crippen LogP contribution in [0, 0.1) is 12.1 Å². The Hall–Kier alpha value is -0.990. The maximum Gasteiger partial charge on any atom is 0.346 e. The number of nitrogens with zero attached hydrogens (tertiary/aromatic N) is 1. The quantitative estimate of drug-likeness (QED) is 0.345. The molecule has 0 unspecified atom stereocenters. The smallest absolute Gasteiger partial charge is 0.346 e. The Morgan fingerprint density at radius 3 is 2.71 bits per heavy atom. The molecule has 0 saturated carbocycles. The molecule has 0 atom stereocenters. The van der Waals surface area contributed by atoms with Gasteiger partial charge in [0.15, 0.2) is 6.26 Å². The van der Waals surface area contributed by atoms with Gasteiger partial charge >= 0.3 is 6.39 Å². The second-order valence-corrected chi connectivity index (χ2v) is 1.33. The van der Waals surface area contributed by atoms with E-state index in [9.17, 15) is 5.21 Å². The molecule has 1 aromatic rings. The van der Waals surface area contributed by atoms with Gasteiger partial charge in [-0.25, -0.2) is 0 Å². The minimum atomic E-state index is 0.583. The van der Waals surface area contributed by atoms with Crippen LogP contribution in [0.2, 0.25) is 0 Å². The highest BCUT2D eigenvalue weighted by atomic mass is 16.5. The molecule has 0 aromatic carbocycles. The Morgan fingerprint density at radius 2 is 2.57 bits per heavy atom. The van der Waals surface area contributed by atoms with Crippen molar-refractivity contribution in [1.82, 2.24) is 0 Å². The lowest BCUT2D eigenvalue weighted by molar-refractivity contribution is -0.615. The predicted octanol–water partition coefficient (Wildman–Crippen LogP) is 0.221. The molecule has 3 heteroatoms. The monoisotopic (exact) mass is 99.0 g/mol. The summed E-state index contributed by atoms with van der Waals surface area (Å²) in [4.78, 5) is 0. The summed E-state index contributed by atoms with van der Waals surface area (Å²) in [5.41, 5.74) is 0.583. The Kier molecular flexibility index (Phi) is 0.749. The Labute approximate surface area is 40.8 Å². The van der Waals surface area contributed by atoms with Crippen molar-refractivity contribution >= 4 is 0 Å². The van der Waals surface area contributed by atoms with Crippen LogP contribution >= 0.6 is 0 Å². The molecule has 0 aliphatic heterocycles. The summed E-state index contributed by atoms with van der Waals surface area (Å²) >= 11 is 0. The van der Waals surface area contributed by atoms with Gasteiger partial charge in [0.1, 0.15) is 0 Å². The molecule has 1 heterocycles. The molecule has 0 amide bonds. The average molecular weight is 99.1 g/mol. The number of aromatic nitrogens is 1. The summed E-state index contributed by atoms with van der Waals surface area (Å²) in [7, 11) is 0. The molecule has 0 saturated heterocycles. The van der Waals surface area contributed by atoms with Crippen LogP contribution in [0.15, 0.2) is 17.1 Å².